The van der Waals surface area contributed by atoms with E-state index in [1.165, 1.54) is 238 Å². The van der Waals surface area contributed by atoms with E-state index in [1.54, 1.807) is 0 Å². The van der Waals surface area contributed by atoms with Gasteiger partial charge in [0.25, 0.3) is 0 Å². The first-order valence-electron chi connectivity index (χ1n) is 34.4. The zero-order valence-corrected chi connectivity index (χ0v) is 52.6. The van der Waals surface area contributed by atoms with Crippen LogP contribution in [0, 0.1) is 0 Å². The lowest BCUT2D eigenvalue weighted by atomic mass is 10.0. The second-order valence-corrected chi connectivity index (χ2v) is 23.1. The summed E-state index contributed by atoms with van der Waals surface area (Å²) in [6.07, 6.45) is 87.6. The van der Waals surface area contributed by atoms with Crippen LogP contribution in [0.25, 0.3) is 0 Å². The summed E-state index contributed by atoms with van der Waals surface area (Å²) in [4.78, 5) is 38.4. The topological polar surface area (TPSA) is 78.9 Å². The number of carbonyl (C=O) groups is 3. The van der Waals surface area contributed by atoms with Gasteiger partial charge in [-0.3, -0.25) is 14.4 Å². The van der Waals surface area contributed by atoms with Gasteiger partial charge < -0.3 is 14.2 Å². The van der Waals surface area contributed by atoms with Gasteiger partial charge in [-0.1, -0.05) is 293 Å². The lowest BCUT2D eigenvalue weighted by Gasteiger charge is -2.18. The van der Waals surface area contributed by atoms with Gasteiger partial charge in [0.15, 0.2) is 6.10 Å². The number of carbonyl (C=O) groups excluding carboxylic acids is 3. The van der Waals surface area contributed by atoms with Gasteiger partial charge in [-0.15, -0.1) is 0 Å². The molecule has 0 saturated carbocycles. The highest BCUT2D eigenvalue weighted by Gasteiger charge is 2.19. The molecule has 0 saturated heterocycles. The fourth-order valence-electron chi connectivity index (χ4n) is 9.95. The van der Waals surface area contributed by atoms with E-state index < -0.39 is 6.10 Å². The highest BCUT2D eigenvalue weighted by molar-refractivity contribution is 5.71. The number of allylic oxidation sites excluding steroid dienone is 12. The van der Waals surface area contributed by atoms with Crippen molar-refractivity contribution in [1.82, 2.24) is 0 Å². The first-order valence-corrected chi connectivity index (χ1v) is 34.4. The van der Waals surface area contributed by atoms with Crippen LogP contribution in [0.3, 0.4) is 0 Å². The molecule has 1 atom stereocenters. The Bertz CT molecular complexity index is 1450. The van der Waals surface area contributed by atoms with Gasteiger partial charge in [-0.2, -0.15) is 0 Å². The molecule has 0 radical (unpaired) electrons. The van der Waals surface area contributed by atoms with Crippen molar-refractivity contribution in [2.24, 2.45) is 0 Å². The molecule has 6 nitrogen and oxygen atoms in total. The lowest BCUT2D eigenvalue weighted by Crippen LogP contribution is -2.30. The third-order valence-corrected chi connectivity index (χ3v) is 15.2. The standard InChI is InChI=1S/C73H130O6/c1-4-7-10-13-16-19-22-25-28-31-33-34-35-36-37-38-40-42-45-48-51-54-57-60-63-66-72(75)78-69-70(68-77-71(74)65-62-59-56-53-50-47-44-41-30-27-24-21-18-15-12-9-6-3)79-73(76)67-64-61-58-55-52-49-46-43-39-32-29-26-23-20-17-14-11-8-5-2/h17,20,22,25-27,29-31,33,35-36,70H,4-16,18-19,21,23-24,28,32,34,37-69H2,1-3H3/b20-17-,25-22-,29-26-,30-27-,33-31-,36-35-. The van der Waals surface area contributed by atoms with Crippen molar-refractivity contribution in [3.05, 3.63) is 72.9 Å². The Balaban J connectivity index is 4.35. The van der Waals surface area contributed by atoms with Crippen LogP contribution in [0.5, 0.6) is 0 Å². The number of hydrogen-bond acceptors (Lipinski definition) is 6. The van der Waals surface area contributed by atoms with Crippen LogP contribution in [0.1, 0.15) is 355 Å². The molecule has 0 spiro atoms. The molecule has 0 amide bonds. The third kappa shape index (κ3) is 65.5. The summed E-state index contributed by atoms with van der Waals surface area (Å²) in [5.41, 5.74) is 0. The number of rotatable bonds is 63. The minimum absolute atomic E-state index is 0.0786. The van der Waals surface area contributed by atoms with Crippen molar-refractivity contribution in [3.8, 4) is 0 Å². The molecular formula is C73H130O6. The van der Waals surface area contributed by atoms with Crippen molar-refractivity contribution in [2.45, 2.75) is 361 Å². The Morgan fingerprint density at radius 2 is 0.456 bits per heavy atom. The maximum Gasteiger partial charge on any atom is 0.306 e. The molecular weight excluding hydrogens is 973 g/mol. The zero-order valence-electron chi connectivity index (χ0n) is 52.6. The van der Waals surface area contributed by atoms with Crippen LogP contribution in [-0.2, 0) is 28.6 Å². The van der Waals surface area contributed by atoms with Gasteiger partial charge >= 0.3 is 17.9 Å². The summed E-state index contributed by atoms with van der Waals surface area (Å²) in [5.74, 6) is -0.872. The normalized spacial score (nSPS) is 12.5. The molecule has 458 valence electrons. The molecule has 0 N–H and O–H groups in total. The van der Waals surface area contributed by atoms with E-state index in [-0.39, 0.29) is 31.1 Å². The molecule has 0 fully saturated rings. The third-order valence-electron chi connectivity index (χ3n) is 15.2. The predicted octanol–water partition coefficient (Wildman–Crippen LogP) is 23.7. The molecule has 0 aromatic heterocycles. The van der Waals surface area contributed by atoms with E-state index in [0.717, 1.165) is 77.0 Å². The molecule has 0 aromatic rings. The molecule has 0 bridgehead atoms. The maximum absolute atomic E-state index is 12.9. The van der Waals surface area contributed by atoms with E-state index in [0.29, 0.717) is 19.3 Å². The SMILES string of the molecule is CCCCC/C=C\C/C=C\CCCCCCCCCCCC(=O)OC(COC(=O)CCCCCCCCC/C=C\CCCCCCCC)COC(=O)CCCCCCCCCCCC/C=C\C/C=C\C/C=C\CCCCCCC. The smallest absolute Gasteiger partial charge is 0.306 e. The van der Waals surface area contributed by atoms with E-state index in [1.807, 2.05) is 0 Å². The van der Waals surface area contributed by atoms with E-state index in [9.17, 15) is 14.4 Å². The minimum atomic E-state index is -0.783. The second kappa shape index (κ2) is 67.4. The summed E-state index contributed by atoms with van der Waals surface area (Å²) < 4.78 is 17.0. The molecule has 0 aliphatic rings. The number of ether oxygens (including phenoxy) is 3. The molecule has 0 heterocycles. The van der Waals surface area contributed by atoms with Gasteiger partial charge in [0.05, 0.1) is 0 Å². The summed E-state index contributed by atoms with van der Waals surface area (Å²) in [6.45, 7) is 6.64. The monoisotopic (exact) mass is 1100 g/mol. The number of esters is 3. The average molecular weight is 1100 g/mol. The van der Waals surface area contributed by atoms with Gasteiger partial charge in [-0.05, 0) is 116 Å². The van der Waals surface area contributed by atoms with Crippen LogP contribution in [0.15, 0.2) is 72.9 Å². The fourth-order valence-corrected chi connectivity index (χ4v) is 9.95. The first kappa shape index (κ1) is 75.8. The van der Waals surface area contributed by atoms with Gasteiger partial charge in [0, 0.05) is 19.3 Å². The van der Waals surface area contributed by atoms with Gasteiger partial charge in [0.2, 0.25) is 0 Å². The highest BCUT2D eigenvalue weighted by Crippen LogP contribution is 2.17. The van der Waals surface area contributed by atoms with E-state index in [4.69, 9.17) is 14.2 Å². The highest BCUT2D eigenvalue weighted by atomic mass is 16.6. The summed E-state index contributed by atoms with van der Waals surface area (Å²) >= 11 is 0. The summed E-state index contributed by atoms with van der Waals surface area (Å²) in [6, 6.07) is 0. The average Bonchev–Trinajstić information content (AvgIpc) is 3.45. The largest absolute Gasteiger partial charge is 0.462 e. The van der Waals surface area contributed by atoms with Gasteiger partial charge in [0.1, 0.15) is 13.2 Å². The van der Waals surface area contributed by atoms with Crippen molar-refractivity contribution in [3.63, 3.8) is 0 Å². The number of hydrogen-bond donors (Lipinski definition) is 0. The Morgan fingerprint density at radius 3 is 0.747 bits per heavy atom. The van der Waals surface area contributed by atoms with Crippen LogP contribution < -0.4 is 0 Å². The zero-order chi connectivity index (χ0) is 57.1. The van der Waals surface area contributed by atoms with Crippen LogP contribution in [0.4, 0.5) is 0 Å². The Morgan fingerprint density at radius 1 is 0.253 bits per heavy atom. The second-order valence-electron chi connectivity index (χ2n) is 23.1. The van der Waals surface area contributed by atoms with E-state index in [2.05, 4.69) is 93.7 Å². The fraction of sp³-hybridized carbons (Fsp3) is 0.795. The Kier molecular flexibility index (Phi) is 64.7. The quantitative estimate of drug-likeness (QED) is 0.0261. The molecule has 0 aromatic carbocycles. The molecule has 0 aliphatic heterocycles. The van der Waals surface area contributed by atoms with Crippen LogP contribution in [0.2, 0.25) is 0 Å². The molecule has 0 aliphatic carbocycles. The predicted molar refractivity (Wildman–Crippen MR) is 344 cm³/mol. The lowest BCUT2D eigenvalue weighted by molar-refractivity contribution is -0.167. The van der Waals surface area contributed by atoms with Crippen LogP contribution >= 0.6 is 0 Å². The molecule has 1 unspecified atom stereocenters. The molecule has 0 rings (SSSR count). The van der Waals surface area contributed by atoms with Crippen molar-refractivity contribution in [1.29, 1.82) is 0 Å². The first-order chi connectivity index (χ1) is 39.0. The molecule has 79 heavy (non-hydrogen) atoms. The summed E-state index contributed by atoms with van der Waals surface area (Å²) in [7, 11) is 0. The summed E-state index contributed by atoms with van der Waals surface area (Å²) in [5, 5.41) is 0. The molecule has 6 heteroatoms. The minimum Gasteiger partial charge on any atom is -0.462 e. The Hall–Kier alpha value is -3.15. The van der Waals surface area contributed by atoms with Crippen molar-refractivity contribution >= 4 is 17.9 Å². The van der Waals surface area contributed by atoms with Crippen molar-refractivity contribution < 1.29 is 28.6 Å². The number of unbranched alkanes of at least 4 members (excludes halogenated alkanes) is 40. The van der Waals surface area contributed by atoms with Crippen molar-refractivity contribution in [2.75, 3.05) is 13.2 Å². The Labute approximate surface area is 491 Å². The van der Waals surface area contributed by atoms with Crippen LogP contribution in [-0.4, -0.2) is 37.2 Å². The van der Waals surface area contributed by atoms with Gasteiger partial charge in [-0.25, -0.2) is 0 Å². The maximum atomic E-state index is 12.9. The van der Waals surface area contributed by atoms with E-state index >= 15 is 0 Å².